The van der Waals surface area contributed by atoms with Gasteiger partial charge in [0.2, 0.25) is 0 Å². The number of unbranched alkanes of at least 4 members (excludes halogenated alkanes) is 6. The maximum atomic E-state index is 10.1. The Balaban J connectivity index is 0. The molecule has 6 nitrogen and oxygen atoms in total. The van der Waals surface area contributed by atoms with Crippen molar-refractivity contribution in [3.8, 4) is 0 Å². The van der Waals surface area contributed by atoms with Gasteiger partial charge in [0.15, 0.2) is 6.34 Å². The van der Waals surface area contributed by atoms with Gasteiger partial charge in [-0.2, -0.15) is 5.10 Å². The summed E-state index contributed by atoms with van der Waals surface area (Å²) in [6.45, 7) is 2.20. The molecule has 6 heteroatoms. The van der Waals surface area contributed by atoms with Gasteiger partial charge in [0.1, 0.15) is 0 Å². The zero-order valence-electron chi connectivity index (χ0n) is 10.6. The van der Waals surface area contributed by atoms with Crippen molar-refractivity contribution in [1.29, 1.82) is 5.53 Å². The lowest BCUT2D eigenvalue weighted by atomic mass is 10.1. The minimum atomic E-state index is -0.663. The van der Waals surface area contributed by atoms with E-state index in [0.717, 1.165) is 19.2 Å². The lowest BCUT2D eigenvalue weighted by Crippen LogP contribution is -1.93. The van der Waals surface area contributed by atoms with E-state index in [4.69, 9.17) is 10.6 Å². The summed E-state index contributed by atoms with van der Waals surface area (Å²) in [6.07, 6.45) is 9.59. The molecule has 0 atom stereocenters. The molecule has 0 aromatic rings. The summed E-state index contributed by atoms with van der Waals surface area (Å²) >= 11 is 0. The fourth-order valence-electron chi connectivity index (χ4n) is 1.27. The van der Waals surface area contributed by atoms with E-state index in [1.54, 1.807) is 0 Å². The van der Waals surface area contributed by atoms with Gasteiger partial charge in [-0.25, -0.2) is 5.53 Å². The van der Waals surface area contributed by atoms with E-state index in [1.165, 1.54) is 32.1 Å². The number of aliphatic carboxylic acids is 1. The quantitative estimate of drug-likeness (QED) is 0.145. The summed E-state index contributed by atoms with van der Waals surface area (Å²) in [6, 6.07) is 0. The number of nitrogens with two attached hydrogens (primary N) is 1. The average molecular weight is 244 g/mol. The molecule has 0 saturated carbocycles. The number of carboxylic acid groups (broad SMARTS) is 1. The maximum Gasteiger partial charge on any atom is 0.303 e. The Morgan fingerprint density at radius 3 is 2.12 bits per heavy atom. The standard InChI is InChI=1S/C10H20O2.CH4N4/c1-2-3-4-5-6-7-8-9-10(11)12;2-4-1-5-3/h2-9H2,1H3,(H,11,12);1-2H,3H2. The molecule has 4 N–H and O–H groups in total. The van der Waals surface area contributed by atoms with Gasteiger partial charge in [0.25, 0.3) is 0 Å². The second-order valence-corrected chi connectivity index (χ2v) is 3.66. The van der Waals surface area contributed by atoms with Crippen LogP contribution in [-0.4, -0.2) is 17.4 Å². The second kappa shape index (κ2) is 17.0. The summed E-state index contributed by atoms with van der Waals surface area (Å²) in [5.74, 6) is 3.83. The van der Waals surface area contributed by atoms with Crippen LogP contribution in [0, 0.1) is 5.53 Å². The molecular formula is C11H24N4O2. The highest BCUT2D eigenvalue weighted by molar-refractivity contribution is 5.66. The molecule has 0 amide bonds. The molecule has 0 aliphatic rings. The number of hydrazone groups is 1. The number of nitrogens with zero attached hydrogens (tertiary/aromatic N) is 2. The minimum Gasteiger partial charge on any atom is -0.481 e. The van der Waals surface area contributed by atoms with Crippen LogP contribution in [0.1, 0.15) is 58.3 Å². The van der Waals surface area contributed by atoms with Crippen LogP contribution in [0.3, 0.4) is 0 Å². The zero-order valence-corrected chi connectivity index (χ0v) is 10.6. The van der Waals surface area contributed by atoms with Gasteiger partial charge in [-0.1, -0.05) is 45.4 Å². The number of nitrogens with one attached hydrogen (secondary N) is 1. The number of carboxylic acids is 1. The van der Waals surface area contributed by atoms with Crippen LogP contribution in [0.4, 0.5) is 0 Å². The van der Waals surface area contributed by atoms with E-state index in [2.05, 4.69) is 23.0 Å². The van der Waals surface area contributed by atoms with E-state index in [-0.39, 0.29) is 0 Å². The molecule has 0 unspecified atom stereocenters. The Bertz CT molecular complexity index is 208. The molecule has 0 aromatic carbocycles. The van der Waals surface area contributed by atoms with Crippen molar-refractivity contribution < 1.29 is 9.90 Å². The molecule has 0 aliphatic carbocycles. The molecule has 0 saturated heterocycles. The van der Waals surface area contributed by atoms with E-state index in [9.17, 15) is 4.79 Å². The average Bonchev–Trinajstić information content (AvgIpc) is 2.29. The zero-order chi connectivity index (χ0) is 13.4. The Morgan fingerprint density at radius 2 is 1.76 bits per heavy atom. The highest BCUT2D eigenvalue weighted by Gasteiger charge is 1.95. The van der Waals surface area contributed by atoms with Crippen molar-refractivity contribution in [1.82, 2.24) is 0 Å². The number of carbonyl (C=O) groups is 1. The first-order chi connectivity index (χ1) is 8.18. The maximum absolute atomic E-state index is 10.1. The third-order valence-corrected chi connectivity index (χ3v) is 2.12. The third-order valence-electron chi connectivity index (χ3n) is 2.12. The van der Waals surface area contributed by atoms with Crippen LogP contribution >= 0.6 is 0 Å². The van der Waals surface area contributed by atoms with Crippen LogP contribution < -0.4 is 5.84 Å². The molecule has 0 fully saturated rings. The number of rotatable bonds is 9. The predicted octanol–water partition coefficient (Wildman–Crippen LogP) is 3.13. The van der Waals surface area contributed by atoms with Gasteiger partial charge < -0.3 is 10.9 Å². The van der Waals surface area contributed by atoms with Crippen molar-refractivity contribution in [2.75, 3.05) is 0 Å². The minimum absolute atomic E-state index is 0.341. The first kappa shape index (κ1) is 17.9. The smallest absolute Gasteiger partial charge is 0.303 e. The fraction of sp³-hybridized carbons (Fsp3) is 0.818. The molecule has 17 heavy (non-hydrogen) atoms. The van der Waals surface area contributed by atoms with E-state index >= 15 is 0 Å². The van der Waals surface area contributed by atoms with Crippen molar-refractivity contribution in [2.45, 2.75) is 58.3 Å². The summed E-state index contributed by atoms with van der Waals surface area (Å²) in [4.78, 5) is 10.1. The third kappa shape index (κ3) is 25.1. The van der Waals surface area contributed by atoms with Gasteiger partial charge in [-0.15, -0.1) is 5.11 Å². The first-order valence-electron chi connectivity index (χ1n) is 5.99. The molecule has 0 aliphatic heterocycles. The highest BCUT2D eigenvalue weighted by Crippen LogP contribution is 2.07. The molecule has 0 heterocycles. The van der Waals surface area contributed by atoms with Gasteiger partial charge in [-0.3, -0.25) is 4.79 Å². The van der Waals surface area contributed by atoms with Crippen LogP contribution in [-0.2, 0) is 4.79 Å². The van der Waals surface area contributed by atoms with E-state index in [1.807, 2.05) is 0 Å². The number of hydrogen-bond donors (Lipinski definition) is 3. The second-order valence-electron chi connectivity index (χ2n) is 3.66. The Hall–Kier alpha value is -1.46. The van der Waals surface area contributed by atoms with Crippen LogP contribution in [0.2, 0.25) is 0 Å². The van der Waals surface area contributed by atoms with Crippen LogP contribution in [0.5, 0.6) is 0 Å². The van der Waals surface area contributed by atoms with Gasteiger partial charge in [-0.05, 0) is 6.42 Å². The summed E-state index contributed by atoms with van der Waals surface area (Å²) < 4.78 is 0. The highest BCUT2D eigenvalue weighted by atomic mass is 16.4. The summed E-state index contributed by atoms with van der Waals surface area (Å²) in [7, 11) is 0. The Kier molecular flexibility index (Phi) is 17.9. The Labute approximate surface area is 103 Å². The van der Waals surface area contributed by atoms with Crippen molar-refractivity contribution >= 4 is 12.3 Å². The molecule has 0 bridgehead atoms. The normalized spacial score (nSPS) is 9.71. The number of hydrogen-bond acceptors (Lipinski definition) is 4. The van der Waals surface area contributed by atoms with Gasteiger partial charge >= 0.3 is 5.97 Å². The molecule has 0 rings (SSSR count). The van der Waals surface area contributed by atoms with Crippen molar-refractivity contribution in [2.24, 2.45) is 16.1 Å². The van der Waals surface area contributed by atoms with Crippen LogP contribution in [0.25, 0.3) is 0 Å². The summed E-state index contributed by atoms with van der Waals surface area (Å²) in [5.41, 5.74) is 6.00. The monoisotopic (exact) mass is 244 g/mol. The van der Waals surface area contributed by atoms with Gasteiger partial charge in [0, 0.05) is 6.42 Å². The molecular weight excluding hydrogens is 220 g/mol. The van der Waals surface area contributed by atoms with E-state index in [0.29, 0.717) is 6.42 Å². The van der Waals surface area contributed by atoms with E-state index < -0.39 is 5.97 Å². The van der Waals surface area contributed by atoms with Crippen LogP contribution in [0.15, 0.2) is 10.2 Å². The molecule has 0 spiro atoms. The van der Waals surface area contributed by atoms with Crippen molar-refractivity contribution in [3.05, 3.63) is 0 Å². The van der Waals surface area contributed by atoms with Crippen molar-refractivity contribution in [3.63, 3.8) is 0 Å². The topological polar surface area (TPSA) is 112 Å². The lowest BCUT2D eigenvalue weighted by Gasteiger charge is -1.98. The predicted molar refractivity (Wildman–Crippen MR) is 68.1 cm³/mol. The Morgan fingerprint density at radius 1 is 1.24 bits per heavy atom. The summed E-state index contributed by atoms with van der Waals surface area (Å²) in [5, 5.41) is 13.9. The SMILES string of the molecule is CCCCCCCCCC(=O)O.N=NC=NN. The molecule has 100 valence electrons. The lowest BCUT2D eigenvalue weighted by molar-refractivity contribution is -0.137. The van der Waals surface area contributed by atoms with Gasteiger partial charge in [0.05, 0.1) is 0 Å². The largest absolute Gasteiger partial charge is 0.481 e. The fourth-order valence-corrected chi connectivity index (χ4v) is 1.27. The first-order valence-corrected chi connectivity index (χ1v) is 5.99. The molecule has 0 radical (unpaired) electrons. The molecule has 0 aromatic heterocycles.